The molecular weight excluding hydrogens is 282 g/mol. The van der Waals surface area contributed by atoms with E-state index in [1.54, 1.807) is 12.1 Å². The Labute approximate surface area is 127 Å². The van der Waals surface area contributed by atoms with Gasteiger partial charge in [-0.15, -0.1) is 0 Å². The molecule has 0 aliphatic carbocycles. The molecule has 4 heteroatoms. The van der Waals surface area contributed by atoms with Gasteiger partial charge in [0.2, 0.25) is 0 Å². The Balaban J connectivity index is 2.47. The summed E-state index contributed by atoms with van der Waals surface area (Å²) in [5.74, 6) is 0. The van der Waals surface area contributed by atoms with E-state index in [1.807, 2.05) is 63.2 Å². The first-order valence-electron chi connectivity index (χ1n) is 7.15. The van der Waals surface area contributed by atoms with Crippen molar-refractivity contribution in [3.8, 4) is 0 Å². The molecule has 3 nitrogen and oxygen atoms in total. The maximum Gasteiger partial charge on any atom is 0.264 e. The highest BCUT2D eigenvalue weighted by atomic mass is 32.2. The Morgan fingerprint density at radius 2 is 1.52 bits per heavy atom. The summed E-state index contributed by atoms with van der Waals surface area (Å²) in [5, 5.41) is 0. The van der Waals surface area contributed by atoms with Crippen LogP contribution >= 0.6 is 0 Å². The lowest BCUT2D eigenvalue weighted by Gasteiger charge is -2.28. The molecule has 0 unspecified atom stereocenters. The number of hydrogen-bond donors (Lipinski definition) is 0. The van der Waals surface area contributed by atoms with Gasteiger partial charge in [0.15, 0.2) is 0 Å². The number of aryl methyl sites for hydroxylation is 1. The van der Waals surface area contributed by atoms with Crippen molar-refractivity contribution in [3.63, 3.8) is 0 Å². The van der Waals surface area contributed by atoms with Crippen LogP contribution in [0.3, 0.4) is 0 Å². The number of anilines is 1. The second kappa shape index (κ2) is 6.31. The van der Waals surface area contributed by atoms with Crippen molar-refractivity contribution in [2.75, 3.05) is 4.31 Å². The molecule has 0 radical (unpaired) electrons. The number of rotatable bonds is 5. The third kappa shape index (κ3) is 3.27. The summed E-state index contributed by atoms with van der Waals surface area (Å²) in [6, 6.07) is 16.2. The lowest BCUT2D eigenvalue weighted by atomic mass is 10.2. The average Bonchev–Trinajstić information content (AvgIpc) is 2.48. The standard InChI is InChI=1S/C17H21NO2S/c1-4-15-10-12-17(13-11-15)21(19,20)18(14(2)3)16-8-6-5-7-9-16/h5-14H,4H2,1-3H3. The van der Waals surface area contributed by atoms with Gasteiger partial charge in [-0.2, -0.15) is 0 Å². The van der Waals surface area contributed by atoms with Crippen molar-refractivity contribution in [2.24, 2.45) is 0 Å². The average molecular weight is 303 g/mol. The summed E-state index contributed by atoms with van der Waals surface area (Å²) in [6.45, 7) is 5.81. The highest BCUT2D eigenvalue weighted by Gasteiger charge is 2.27. The van der Waals surface area contributed by atoms with E-state index in [0.29, 0.717) is 10.6 Å². The van der Waals surface area contributed by atoms with Crippen LogP contribution in [0.25, 0.3) is 0 Å². The van der Waals surface area contributed by atoms with Gasteiger partial charge in [0, 0.05) is 6.04 Å². The van der Waals surface area contributed by atoms with Crippen LogP contribution < -0.4 is 4.31 Å². The highest BCUT2D eigenvalue weighted by molar-refractivity contribution is 7.92. The molecule has 0 heterocycles. The van der Waals surface area contributed by atoms with E-state index in [9.17, 15) is 8.42 Å². The summed E-state index contributed by atoms with van der Waals surface area (Å²) >= 11 is 0. The van der Waals surface area contributed by atoms with Crippen LogP contribution in [0.15, 0.2) is 59.5 Å². The summed E-state index contributed by atoms with van der Waals surface area (Å²) in [5.41, 5.74) is 1.82. The Morgan fingerprint density at radius 1 is 0.952 bits per heavy atom. The topological polar surface area (TPSA) is 37.4 Å². The van der Waals surface area contributed by atoms with E-state index in [2.05, 4.69) is 0 Å². The van der Waals surface area contributed by atoms with Crippen LogP contribution in [0.5, 0.6) is 0 Å². The molecule has 0 aliphatic heterocycles. The first-order chi connectivity index (χ1) is 9.96. The first-order valence-corrected chi connectivity index (χ1v) is 8.59. The monoisotopic (exact) mass is 303 g/mol. The van der Waals surface area contributed by atoms with Gasteiger partial charge >= 0.3 is 0 Å². The van der Waals surface area contributed by atoms with Crippen LogP contribution in [0, 0.1) is 0 Å². The molecule has 0 saturated carbocycles. The lowest BCUT2D eigenvalue weighted by molar-refractivity contribution is 0.584. The van der Waals surface area contributed by atoms with Crippen molar-refractivity contribution >= 4 is 15.7 Å². The van der Waals surface area contributed by atoms with Crippen LogP contribution in [0.1, 0.15) is 26.3 Å². The molecule has 0 aliphatic rings. The van der Waals surface area contributed by atoms with Gasteiger partial charge in [-0.05, 0) is 50.1 Å². The zero-order valence-electron chi connectivity index (χ0n) is 12.7. The minimum atomic E-state index is -3.55. The number of para-hydroxylation sites is 1. The van der Waals surface area contributed by atoms with Gasteiger partial charge in [0.25, 0.3) is 10.0 Å². The van der Waals surface area contributed by atoms with Gasteiger partial charge in [-0.1, -0.05) is 37.3 Å². The summed E-state index contributed by atoms with van der Waals surface area (Å²) in [4.78, 5) is 0.331. The van der Waals surface area contributed by atoms with Crippen molar-refractivity contribution in [3.05, 3.63) is 60.2 Å². The highest BCUT2D eigenvalue weighted by Crippen LogP contribution is 2.26. The van der Waals surface area contributed by atoms with Crippen molar-refractivity contribution < 1.29 is 8.42 Å². The van der Waals surface area contributed by atoms with Gasteiger partial charge in [-0.25, -0.2) is 8.42 Å². The van der Waals surface area contributed by atoms with E-state index < -0.39 is 10.0 Å². The van der Waals surface area contributed by atoms with E-state index in [-0.39, 0.29) is 6.04 Å². The van der Waals surface area contributed by atoms with Gasteiger partial charge in [-0.3, -0.25) is 4.31 Å². The third-order valence-corrected chi connectivity index (χ3v) is 5.39. The second-order valence-electron chi connectivity index (χ2n) is 5.23. The molecule has 0 N–H and O–H groups in total. The van der Waals surface area contributed by atoms with Crippen LogP contribution in [-0.2, 0) is 16.4 Å². The van der Waals surface area contributed by atoms with E-state index >= 15 is 0 Å². The molecule has 0 fully saturated rings. The molecule has 0 amide bonds. The van der Waals surface area contributed by atoms with Crippen molar-refractivity contribution in [2.45, 2.75) is 38.1 Å². The van der Waals surface area contributed by atoms with Gasteiger partial charge < -0.3 is 0 Å². The van der Waals surface area contributed by atoms with Crippen molar-refractivity contribution in [1.29, 1.82) is 0 Å². The summed E-state index contributed by atoms with van der Waals surface area (Å²) < 4.78 is 27.3. The predicted octanol–water partition coefficient (Wildman–Crippen LogP) is 3.85. The molecular formula is C17H21NO2S. The minimum absolute atomic E-state index is 0.150. The molecule has 0 atom stereocenters. The van der Waals surface area contributed by atoms with Crippen LogP contribution in [0.2, 0.25) is 0 Å². The number of hydrogen-bond acceptors (Lipinski definition) is 2. The van der Waals surface area contributed by atoms with E-state index in [1.165, 1.54) is 4.31 Å². The maximum atomic E-state index is 12.9. The molecule has 0 spiro atoms. The minimum Gasteiger partial charge on any atom is -0.264 e. The van der Waals surface area contributed by atoms with Crippen LogP contribution in [-0.4, -0.2) is 14.5 Å². The van der Waals surface area contributed by atoms with Gasteiger partial charge in [0.05, 0.1) is 10.6 Å². The molecule has 2 rings (SSSR count). The molecule has 112 valence electrons. The predicted molar refractivity (Wildman–Crippen MR) is 87.1 cm³/mol. The first kappa shape index (κ1) is 15.6. The number of sulfonamides is 1. The zero-order valence-corrected chi connectivity index (χ0v) is 13.5. The zero-order chi connectivity index (χ0) is 15.5. The Morgan fingerprint density at radius 3 is 2.00 bits per heavy atom. The van der Waals surface area contributed by atoms with Crippen LogP contribution in [0.4, 0.5) is 5.69 Å². The fraction of sp³-hybridized carbons (Fsp3) is 0.294. The Hall–Kier alpha value is -1.81. The molecule has 21 heavy (non-hydrogen) atoms. The molecule has 2 aromatic rings. The quantitative estimate of drug-likeness (QED) is 0.841. The number of nitrogens with zero attached hydrogens (tertiary/aromatic N) is 1. The largest absolute Gasteiger partial charge is 0.264 e. The molecule has 0 bridgehead atoms. The van der Waals surface area contributed by atoms with E-state index in [0.717, 1.165) is 12.0 Å². The third-order valence-electron chi connectivity index (χ3n) is 3.37. The fourth-order valence-corrected chi connectivity index (χ4v) is 3.96. The molecule has 0 aromatic heterocycles. The Kier molecular flexibility index (Phi) is 4.68. The number of benzene rings is 2. The normalized spacial score (nSPS) is 11.6. The summed E-state index contributed by atoms with van der Waals surface area (Å²) in [6.07, 6.45) is 0.896. The fourth-order valence-electron chi connectivity index (χ4n) is 2.30. The molecule has 0 saturated heterocycles. The van der Waals surface area contributed by atoms with Gasteiger partial charge in [0.1, 0.15) is 0 Å². The Bertz CT molecular complexity index is 676. The van der Waals surface area contributed by atoms with E-state index in [4.69, 9.17) is 0 Å². The summed E-state index contributed by atoms with van der Waals surface area (Å²) in [7, 11) is -3.55. The maximum absolute atomic E-state index is 12.9. The van der Waals surface area contributed by atoms with Crippen molar-refractivity contribution in [1.82, 2.24) is 0 Å². The lowest BCUT2D eigenvalue weighted by Crippen LogP contribution is -2.36. The second-order valence-corrected chi connectivity index (χ2v) is 7.04. The SMILES string of the molecule is CCc1ccc(S(=O)(=O)N(c2ccccc2)C(C)C)cc1. The molecule has 2 aromatic carbocycles. The smallest absolute Gasteiger partial charge is 0.264 e.